The molecule has 1 aliphatic rings. The number of rotatable bonds is 9. The molecule has 0 aliphatic carbocycles. The fraction of sp³-hybridized carbons (Fsp3) is 0.409. The standard InChI is InChI=1S/C22H29N3O4S.ClH/c1-19-7-9-21(10-8-19)29-18-22(26)23-11-16-30(27,28)25-14-12-24(13-15-25)17-20-5-3-2-4-6-20;/h2-10H,11-18H2,1H3,(H,23,26);1H. The second kappa shape index (κ2) is 12.0. The minimum absolute atomic E-state index is 0. The summed E-state index contributed by atoms with van der Waals surface area (Å²) in [6, 6.07) is 17.6. The summed E-state index contributed by atoms with van der Waals surface area (Å²) in [5, 5.41) is 2.62. The van der Waals surface area contributed by atoms with Gasteiger partial charge in [-0.15, -0.1) is 12.4 Å². The third kappa shape index (κ3) is 8.14. The van der Waals surface area contributed by atoms with Gasteiger partial charge in [0, 0.05) is 39.3 Å². The Hall–Kier alpha value is -2.13. The smallest absolute Gasteiger partial charge is 0.257 e. The number of benzene rings is 2. The van der Waals surface area contributed by atoms with Crippen LogP contribution >= 0.6 is 12.4 Å². The van der Waals surface area contributed by atoms with Crippen LogP contribution in [0.3, 0.4) is 0 Å². The molecule has 2 aromatic rings. The molecule has 0 saturated carbocycles. The maximum Gasteiger partial charge on any atom is 0.257 e. The molecule has 0 unspecified atom stereocenters. The number of amides is 1. The SMILES string of the molecule is Cc1ccc(OCC(=O)NCCS(=O)(=O)N2CCN(Cc3ccccc3)CC2)cc1.Cl. The summed E-state index contributed by atoms with van der Waals surface area (Å²) in [5.41, 5.74) is 2.34. The number of carbonyl (C=O) groups is 1. The maximum atomic E-state index is 12.6. The highest BCUT2D eigenvalue weighted by atomic mass is 35.5. The van der Waals surface area contributed by atoms with Crippen molar-refractivity contribution in [3.05, 3.63) is 65.7 Å². The predicted molar refractivity (Wildman–Crippen MR) is 124 cm³/mol. The van der Waals surface area contributed by atoms with E-state index in [0.717, 1.165) is 12.1 Å². The van der Waals surface area contributed by atoms with Crippen molar-refractivity contribution in [2.45, 2.75) is 13.5 Å². The van der Waals surface area contributed by atoms with Crippen LogP contribution in [0.15, 0.2) is 54.6 Å². The lowest BCUT2D eigenvalue weighted by molar-refractivity contribution is -0.122. The van der Waals surface area contributed by atoms with E-state index in [1.807, 2.05) is 37.3 Å². The Bertz CT molecular complexity index is 916. The molecule has 0 spiro atoms. The van der Waals surface area contributed by atoms with E-state index in [1.165, 1.54) is 9.87 Å². The van der Waals surface area contributed by atoms with Crippen LogP contribution in [-0.2, 0) is 21.4 Å². The van der Waals surface area contributed by atoms with Crippen LogP contribution in [0.25, 0.3) is 0 Å². The fourth-order valence-corrected chi connectivity index (χ4v) is 4.63. The zero-order valence-corrected chi connectivity index (χ0v) is 19.3. The number of aryl methyl sites for hydroxylation is 1. The van der Waals surface area contributed by atoms with Gasteiger partial charge in [0.1, 0.15) is 5.75 Å². The minimum atomic E-state index is -3.40. The normalized spacial score (nSPS) is 15.1. The van der Waals surface area contributed by atoms with E-state index in [-0.39, 0.29) is 37.2 Å². The molecular weight excluding hydrogens is 438 g/mol. The van der Waals surface area contributed by atoms with Gasteiger partial charge in [0.2, 0.25) is 10.0 Å². The highest BCUT2D eigenvalue weighted by molar-refractivity contribution is 7.89. The Labute approximate surface area is 190 Å². The van der Waals surface area contributed by atoms with Crippen LogP contribution < -0.4 is 10.1 Å². The Balaban J connectivity index is 0.00000341. The van der Waals surface area contributed by atoms with E-state index in [4.69, 9.17) is 4.74 Å². The van der Waals surface area contributed by atoms with Gasteiger partial charge in [0.15, 0.2) is 6.61 Å². The summed E-state index contributed by atoms with van der Waals surface area (Å²) in [6.07, 6.45) is 0. The van der Waals surface area contributed by atoms with Crippen molar-refractivity contribution in [2.24, 2.45) is 0 Å². The van der Waals surface area contributed by atoms with Gasteiger partial charge in [-0.3, -0.25) is 9.69 Å². The van der Waals surface area contributed by atoms with Gasteiger partial charge < -0.3 is 10.1 Å². The van der Waals surface area contributed by atoms with Gasteiger partial charge in [-0.1, -0.05) is 48.0 Å². The van der Waals surface area contributed by atoms with Crippen molar-refractivity contribution >= 4 is 28.3 Å². The van der Waals surface area contributed by atoms with Crippen LogP contribution in [0.4, 0.5) is 0 Å². The number of piperazine rings is 1. The van der Waals surface area contributed by atoms with Crippen molar-refractivity contribution in [3.63, 3.8) is 0 Å². The summed E-state index contributed by atoms with van der Waals surface area (Å²) in [6.45, 7) is 5.07. The first-order valence-corrected chi connectivity index (χ1v) is 11.7. The van der Waals surface area contributed by atoms with E-state index in [1.54, 1.807) is 12.1 Å². The average Bonchev–Trinajstić information content (AvgIpc) is 2.74. The van der Waals surface area contributed by atoms with Gasteiger partial charge in [-0.25, -0.2) is 8.42 Å². The topological polar surface area (TPSA) is 78.9 Å². The van der Waals surface area contributed by atoms with Crippen LogP contribution in [0.2, 0.25) is 0 Å². The first kappa shape index (κ1) is 25.1. The first-order chi connectivity index (χ1) is 14.4. The molecule has 1 N–H and O–H groups in total. The number of halogens is 1. The third-order valence-corrected chi connectivity index (χ3v) is 6.92. The lowest BCUT2D eigenvalue weighted by Gasteiger charge is -2.34. The van der Waals surface area contributed by atoms with Crippen molar-refractivity contribution in [3.8, 4) is 5.75 Å². The molecule has 1 heterocycles. The highest BCUT2D eigenvalue weighted by Gasteiger charge is 2.26. The zero-order chi connectivity index (χ0) is 21.4. The number of nitrogens with one attached hydrogen (secondary N) is 1. The third-order valence-electron chi connectivity index (χ3n) is 5.05. The minimum Gasteiger partial charge on any atom is -0.484 e. The number of sulfonamides is 1. The average molecular weight is 468 g/mol. The summed E-state index contributed by atoms with van der Waals surface area (Å²) >= 11 is 0. The van der Waals surface area contributed by atoms with Crippen molar-refractivity contribution < 1.29 is 17.9 Å². The molecule has 170 valence electrons. The number of nitrogens with zero attached hydrogens (tertiary/aromatic N) is 2. The Kier molecular flexibility index (Phi) is 9.77. The van der Waals surface area contributed by atoms with Crippen molar-refractivity contribution in [1.29, 1.82) is 0 Å². The monoisotopic (exact) mass is 467 g/mol. The quantitative estimate of drug-likeness (QED) is 0.610. The molecule has 9 heteroatoms. The summed E-state index contributed by atoms with van der Waals surface area (Å²) < 4.78 is 32.1. The van der Waals surface area contributed by atoms with E-state index in [9.17, 15) is 13.2 Å². The van der Waals surface area contributed by atoms with Gasteiger partial charge in [0.05, 0.1) is 5.75 Å². The Morgan fingerprint density at radius 1 is 1.00 bits per heavy atom. The molecule has 2 aromatic carbocycles. The molecule has 31 heavy (non-hydrogen) atoms. The zero-order valence-electron chi connectivity index (χ0n) is 17.7. The molecule has 1 aliphatic heterocycles. The molecule has 0 aromatic heterocycles. The summed E-state index contributed by atoms with van der Waals surface area (Å²) in [5.74, 6) is 0.164. The molecule has 0 atom stereocenters. The number of hydrogen-bond acceptors (Lipinski definition) is 5. The molecule has 0 bridgehead atoms. The van der Waals surface area contributed by atoms with Crippen molar-refractivity contribution in [2.75, 3.05) is 45.1 Å². The highest BCUT2D eigenvalue weighted by Crippen LogP contribution is 2.12. The summed E-state index contributed by atoms with van der Waals surface area (Å²) in [7, 11) is -3.40. The van der Waals surface area contributed by atoms with E-state index < -0.39 is 10.0 Å². The predicted octanol–water partition coefficient (Wildman–Crippen LogP) is 2.06. The lowest BCUT2D eigenvalue weighted by Crippen LogP contribution is -2.49. The number of hydrogen-bond donors (Lipinski definition) is 1. The van der Waals surface area contributed by atoms with Gasteiger partial charge >= 0.3 is 0 Å². The van der Waals surface area contributed by atoms with Crippen molar-refractivity contribution in [1.82, 2.24) is 14.5 Å². The Morgan fingerprint density at radius 3 is 2.29 bits per heavy atom. The largest absolute Gasteiger partial charge is 0.484 e. The van der Waals surface area contributed by atoms with Crippen LogP contribution in [0.5, 0.6) is 5.75 Å². The summed E-state index contributed by atoms with van der Waals surface area (Å²) in [4.78, 5) is 14.2. The second-order valence-electron chi connectivity index (χ2n) is 7.43. The molecule has 3 rings (SSSR count). The fourth-order valence-electron chi connectivity index (χ4n) is 3.29. The first-order valence-electron chi connectivity index (χ1n) is 10.1. The van der Waals surface area contributed by atoms with E-state index in [0.29, 0.717) is 31.9 Å². The second-order valence-corrected chi connectivity index (χ2v) is 9.52. The molecule has 0 radical (unpaired) electrons. The van der Waals surface area contributed by atoms with E-state index in [2.05, 4.69) is 22.3 Å². The molecular formula is C22H30ClN3O4S. The van der Waals surface area contributed by atoms with Crippen LogP contribution in [-0.4, -0.2) is 68.6 Å². The van der Waals surface area contributed by atoms with Gasteiger partial charge in [-0.05, 0) is 24.6 Å². The van der Waals surface area contributed by atoms with Gasteiger partial charge in [-0.2, -0.15) is 4.31 Å². The molecule has 7 nitrogen and oxygen atoms in total. The molecule has 1 amide bonds. The Morgan fingerprint density at radius 2 is 1.65 bits per heavy atom. The molecule has 1 saturated heterocycles. The number of carbonyl (C=O) groups excluding carboxylic acids is 1. The lowest BCUT2D eigenvalue weighted by atomic mass is 10.2. The molecule has 1 fully saturated rings. The maximum absolute atomic E-state index is 12.6. The van der Waals surface area contributed by atoms with Gasteiger partial charge in [0.25, 0.3) is 5.91 Å². The van der Waals surface area contributed by atoms with Crippen LogP contribution in [0.1, 0.15) is 11.1 Å². The van der Waals surface area contributed by atoms with Crippen LogP contribution in [0, 0.1) is 6.92 Å². The number of ether oxygens (including phenoxy) is 1. The van der Waals surface area contributed by atoms with E-state index >= 15 is 0 Å².